The van der Waals surface area contributed by atoms with Crippen molar-refractivity contribution in [1.82, 2.24) is 15.2 Å². The third-order valence-electron chi connectivity index (χ3n) is 1.57. The van der Waals surface area contributed by atoms with Gasteiger partial charge in [-0.25, -0.2) is 4.98 Å². The average molecular weight is 173 g/mol. The smallest absolute Gasteiger partial charge is 0.168 e. The number of nitrogens with one attached hydrogen (secondary N) is 1. The van der Waals surface area contributed by atoms with Crippen LogP contribution in [0.3, 0.4) is 0 Å². The van der Waals surface area contributed by atoms with E-state index in [-0.39, 0.29) is 6.10 Å². The van der Waals surface area contributed by atoms with E-state index in [1.54, 1.807) is 0 Å². The Morgan fingerprint density at radius 2 is 2.73 bits per heavy atom. The van der Waals surface area contributed by atoms with Gasteiger partial charge in [0, 0.05) is 6.16 Å². The summed E-state index contributed by atoms with van der Waals surface area (Å²) >= 11 is 0. The Morgan fingerprint density at radius 1 is 1.82 bits per heavy atom. The molecular formula is C5H8N3O2P. The predicted octanol–water partition coefficient (Wildman–Crippen LogP) is 0.570. The number of nitrogens with zero attached hydrogens (tertiary/aromatic N) is 2. The summed E-state index contributed by atoms with van der Waals surface area (Å²) in [5.74, 6) is 0.712. The number of rotatable bonds is 1. The molecule has 1 fully saturated rings. The Bertz CT molecular complexity index is 228. The third-order valence-corrected chi connectivity index (χ3v) is 2.71. The second kappa shape index (κ2) is 2.85. The topological polar surface area (TPSA) is 71.0 Å². The monoisotopic (exact) mass is 173 g/mol. The van der Waals surface area contributed by atoms with Crippen LogP contribution in [0, 0.1) is 0 Å². The summed E-state index contributed by atoms with van der Waals surface area (Å²) in [6.07, 6.45) is 2.93. The van der Waals surface area contributed by atoms with E-state index >= 15 is 0 Å². The molecule has 2 unspecified atom stereocenters. The largest absolute Gasteiger partial charge is 0.350 e. The highest BCUT2D eigenvalue weighted by Gasteiger charge is 2.27. The van der Waals surface area contributed by atoms with Gasteiger partial charge in [-0.3, -0.25) is 5.10 Å². The van der Waals surface area contributed by atoms with Crippen molar-refractivity contribution in [2.45, 2.75) is 12.5 Å². The van der Waals surface area contributed by atoms with Gasteiger partial charge < -0.3 is 9.42 Å². The van der Waals surface area contributed by atoms with Crippen molar-refractivity contribution < 1.29 is 9.42 Å². The van der Waals surface area contributed by atoms with E-state index in [0.29, 0.717) is 5.82 Å². The fourth-order valence-electron chi connectivity index (χ4n) is 1.04. The van der Waals surface area contributed by atoms with Crippen LogP contribution in [0.4, 0.5) is 0 Å². The number of hydrogen-bond acceptors (Lipinski definition) is 4. The fourth-order valence-corrected chi connectivity index (χ4v) is 2.10. The molecule has 2 N–H and O–H groups in total. The lowest BCUT2D eigenvalue weighted by Gasteiger charge is -2.04. The summed E-state index contributed by atoms with van der Waals surface area (Å²) in [4.78, 5) is 13.0. The van der Waals surface area contributed by atoms with E-state index < -0.39 is 8.38 Å². The molecular weight excluding hydrogens is 165 g/mol. The summed E-state index contributed by atoms with van der Waals surface area (Å²) in [5, 5.41) is 6.41. The minimum atomic E-state index is -1.20. The molecule has 1 aromatic heterocycles. The van der Waals surface area contributed by atoms with Crippen LogP contribution in [0.1, 0.15) is 18.3 Å². The van der Waals surface area contributed by atoms with Gasteiger partial charge in [0.15, 0.2) is 14.2 Å². The van der Waals surface area contributed by atoms with Gasteiger partial charge in [-0.2, -0.15) is 5.10 Å². The van der Waals surface area contributed by atoms with Crippen LogP contribution in [-0.2, 0) is 4.52 Å². The summed E-state index contributed by atoms with van der Waals surface area (Å²) in [6.45, 7) is 0. The Labute approximate surface area is 64.7 Å². The van der Waals surface area contributed by atoms with Crippen molar-refractivity contribution in [3.63, 3.8) is 0 Å². The SMILES string of the molecule is OP1CCC(c2ncn[nH]2)O1. The molecule has 1 aliphatic rings. The summed E-state index contributed by atoms with van der Waals surface area (Å²) in [7, 11) is -1.20. The van der Waals surface area contributed by atoms with E-state index in [1.807, 2.05) is 0 Å². The molecule has 0 bridgehead atoms. The maximum Gasteiger partial charge on any atom is 0.168 e. The van der Waals surface area contributed by atoms with E-state index in [2.05, 4.69) is 15.2 Å². The zero-order valence-electron chi connectivity index (χ0n) is 5.77. The Kier molecular flexibility index (Phi) is 1.85. The average Bonchev–Trinajstić information content (AvgIpc) is 2.55. The van der Waals surface area contributed by atoms with Crippen molar-refractivity contribution in [2.24, 2.45) is 0 Å². The maximum atomic E-state index is 9.08. The van der Waals surface area contributed by atoms with Gasteiger partial charge in [0.05, 0.1) is 0 Å². The van der Waals surface area contributed by atoms with Crippen LogP contribution in [0.2, 0.25) is 0 Å². The van der Waals surface area contributed by atoms with Crippen LogP contribution < -0.4 is 0 Å². The molecule has 1 saturated heterocycles. The molecule has 2 atom stereocenters. The molecule has 0 spiro atoms. The number of hydrogen-bond donors (Lipinski definition) is 2. The first kappa shape index (κ1) is 7.16. The summed E-state index contributed by atoms with van der Waals surface area (Å²) in [5.41, 5.74) is 0. The second-order valence-corrected chi connectivity index (χ2v) is 3.69. The minimum Gasteiger partial charge on any atom is -0.350 e. The van der Waals surface area contributed by atoms with Crippen molar-refractivity contribution in [1.29, 1.82) is 0 Å². The van der Waals surface area contributed by atoms with Crippen molar-refractivity contribution in [3.8, 4) is 0 Å². The first-order chi connectivity index (χ1) is 5.36. The Hall–Kier alpha value is -0.510. The molecule has 5 nitrogen and oxygen atoms in total. The second-order valence-electron chi connectivity index (χ2n) is 2.33. The van der Waals surface area contributed by atoms with Gasteiger partial charge >= 0.3 is 0 Å². The maximum absolute atomic E-state index is 9.08. The predicted molar refractivity (Wildman–Crippen MR) is 38.8 cm³/mol. The van der Waals surface area contributed by atoms with Crippen LogP contribution in [0.25, 0.3) is 0 Å². The number of aromatic nitrogens is 3. The molecule has 2 rings (SSSR count). The summed E-state index contributed by atoms with van der Waals surface area (Å²) in [6, 6.07) is 0. The quantitative estimate of drug-likeness (QED) is 0.609. The van der Waals surface area contributed by atoms with Crippen LogP contribution in [0.5, 0.6) is 0 Å². The van der Waals surface area contributed by atoms with Crippen molar-refractivity contribution >= 4 is 8.38 Å². The highest BCUT2D eigenvalue weighted by Crippen LogP contribution is 2.47. The molecule has 0 aromatic carbocycles. The van der Waals surface area contributed by atoms with Gasteiger partial charge in [0.1, 0.15) is 12.4 Å². The zero-order valence-corrected chi connectivity index (χ0v) is 6.66. The van der Waals surface area contributed by atoms with E-state index in [9.17, 15) is 0 Å². The van der Waals surface area contributed by atoms with Crippen LogP contribution in [0.15, 0.2) is 6.33 Å². The van der Waals surface area contributed by atoms with Crippen molar-refractivity contribution in [2.75, 3.05) is 6.16 Å². The molecule has 11 heavy (non-hydrogen) atoms. The van der Waals surface area contributed by atoms with E-state index in [1.165, 1.54) is 6.33 Å². The molecule has 6 heteroatoms. The van der Waals surface area contributed by atoms with Gasteiger partial charge in [0.25, 0.3) is 0 Å². The van der Waals surface area contributed by atoms with Crippen molar-refractivity contribution in [3.05, 3.63) is 12.2 Å². The van der Waals surface area contributed by atoms with Gasteiger partial charge in [0.2, 0.25) is 0 Å². The van der Waals surface area contributed by atoms with E-state index in [4.69, 9.17) is 9.42 Å². The standard InChI is InChI=1S/C5H8N3O2P/c9-11-2-1-4(10-11)5-6-3-7-8-5/h3-4,9H,1-2H2,(H,6,7,8). The zero-order chi connectivity index (χ0) is 7.68. The lowest BCUT2D eigenvalue weighted by molar-refractivity contribution is 0.226. The Morgan fingerprint density at radius 3 is 3.27 bits per heavy atom. The molecule has 1 aliphatic heterocycles. The fraction of sp³-hybridized carbons (Fsp3) is 0.600. The Balaban J connectivity index is 2.08. The normalized spacial score (nSPS) is 31.0. The number of aromatic amines is 1. The first-order valence-electron chi connectivity index (χ1n) is 3.35. The van der Waals surface area contributed by atoms with Gasteiger partial charge in [-0.05, 0) is 6.42 Å². The highest BCUT2D eigenvalue weighted by molar-refractivity contribution is 7.46. The molecule has 0 amide bonds. The molecule has 60 valence electrons. The molecule has 2 heterocycles. The minimum absolute atomic E-state index is 0.0754. The lowest BCUT2D eigenvalue weighted by Crippen LogP contribution is -1.96. The van der Waals surface area contributed by atoms with Gasteiger partial charge in [-0.1, -0.05) is 0 Å². The van der Waals surface area contributed by atoms with Crippen LogP contribution in [-0.4, -0.2) is 26.2 Å². The first-order valence-corrected chi connectivity index (χ1v) is 4.74. The summed E-state index contributed by atoms with van der Waals surface area (Å²) < 4.78 is 5.19. The highest BCUT2D eigenvalue weighted by atomic mass is 31.2. The number of H-pyrrole nitrogens is 1. The van der Waals surface area contributed by atoms with Crippen LogP contribution >= 0.6 is 8.38 Å². The molecule has 1 aromatic rings. The molecule has 0 aliphatic carbocycles. The third kappa shape index (κ3) is 1.40. The van der Waals surface area contributed by atoms with E-state index in [0.717, 1.165) is 12.6 Å². The van der Waals surface area contributed by atoms with Gasteiger partial charge in [-0.15, -0.1) is 0 Å². The molecule has 0 saturated carbocycles. The lowest BCUT2D eigenvalue weighted by atomic mass is 10.3. The molecule has 0 radical (unpaired) electrons.